The van der Waals surface area contributed by atoms with Gasteiger partial charge in [-0.05, 0) is 53.6 Å². The molecule has 0 radical (unpaired) electrons. The van der Waals surface area contributed by atoms with Crippen molar-refractivity contribution in [3.8, 4) is 0 Å². The maximum atomic E-state index is 13.0. The van der Waals surface area contributed by atoms with Crippen LogP contribution in [0.3, 0.4) is 0 Å². The maximum absolute atomic E-state index is 13.0. The molecule has 1 aliphatic rings. The van der Waals surface area contributed by atoms with Crippen LogP contribution in [0.25, 0.3) is 5.70 Å². The third kappa shape index (κ3) is 4.25. The highest BCUT2D eigenvalue weighted by atomic mass is 16.2. The number of anilines is 2. The first-order valence-electron chi connectivity index (χ1n) is 10.8. The molecule has 1 atom stereocenters. The second-order valence-corrected chi connectivity index (χ2v) is 8.20. The zero-order valence-electron chi connectivity index (χ0n) is 18.5. The number of fused-ring (bicyclic) bond motifs is 1. The van der Waals surface area contributed by atoms with Crippen LogP contribution in [0.5, 0.6) is 0 Å². The molecule has 0 unspecified atom stereocenters. The molecule has 5 rings (SSSR count). The number of carbonyl (C=O) groups is 1. The van der Waals surface area contributed by atoms with Crippen molar-refractivity contribution in [2.45, 2.75) is 19.9 Å². The van der Waals surface area contributed by atoms with Crippen LogP contribution in [0.15, 0.2) is 84.9 Å². The molecule has 0 saturated heterocycles. The number of nitrogens with zero attached hydrogens (tertiary/aromatic N) is 5. The van der Waals surface area contributed by atoms with E-state index >= 15 is 0 Å². The summed E-state index contributed by atoms with van der Waals surface area (Å²) >= 11 is 0. The summed E-state index contributed by atoms with van der Waals surface area (Å²) in [5.41, 5.74) is 6.04. The molecular weight excluding hydrogens is 412 g/mol. The average molecular weight is 437 g/mol. The molecule has 33 heavy (non-hydrogen) atoms. The Kier molecular flexibility index (Phi) is 5.44. The molecule has 4 aromatic rings. The third-order valence-electron chi connectivity index (χ3n) is 5.71. The topological polar surface area (TPSA) is 75.9 Å². The van der Waals surface area contributed by atoms with Crippen LogP contribution >= 0.6 is 0 Å². The van der Waals surface area contributed by atoms with Gasteiger partial charge in [0.15, 0.2) is 0 Å². The number of allylic oxidation sites excluding steroid dienone is 1. The lowest BCUT2D eigenvalue weighted by Gasteiger charge is -2.32. The number of carbonyl (C=O) groups excluding carboxylic acids is 1. The van der Waals surface area contributed by atoms with E-state index in [4.69, 9.17) is 0 Å². The van der Waals surface area contributed by atoms with Crippen molar-refractivity contribution in [3.63, 3.8) is 0 Å². The van der Waals surface area contributed by atoms with E-state index in [0.29, 0.717) is 5.95 Å². The van der Waals surface area contributed by atoms with Gasteiger partial charge < -0.3 is 5.32 Å². The van der Waals surface area contributed by atoms with E-state index < -0.39 is 0 Å². The Morgan fingerprint density at radius 1 is 0.909 bits per heavy atom. The standard InChI is InChI=1S/C26H24N6O/c1-18-8-12-21(13-9-18)24-16-23(20-6-4-3-5-7-20)31(26-28-29-30-32(24)26)17-25(33)27-22-14-10-19(2)11-15-22/h3-16,24H,17H2,1-2H3,(H,27,33)/t24-/m1/s1. The van der Waals surface area contributed by atoms with Crippen molar-refractivity contribution >= 4 is 23.2 Å². The van der Waals surface area contributed by atoms with Gasteiger partial charge in [-0.15, -0.1) is 0 Å². The summed E-state index contributed by atoms with van der Waals surface area (Å²) in [5.74, 6) is 0.380. The molecule has 0 aliphatic carbocycles. The Morgan fingerprint density at radius 2 is 1.58 bits per heavy atom. The molecule has 2 heterocycles. The number of benzene rings is 3. The predicted octanol–water partition coefficient (Wildman–Crippen LogP) is 4.38. The number of aromatic nitrogens is 4. The van der Waals surface area contributed by atoms with E-state index in [1.54, 1.807) is 4.68 Å². The highest BCUT2D eigenvalue weighted by molar-refractivity contribution is 5.97. The highest BCUT2D eigenvalue weighted by Crippen LogP contribution is 2.36. The second kappa shape index (κ2) is 8.70. The molecule has 0 spiro atoms. The van der Waals surface area contributed by atoms with Crippen molar-refractivity contribution in [2.75, 3.05) is 16.8 Å². The predicted molar refractivity (Wildman–Crippen MR) is 129 cm³/mol. The summed E-state index contributed by atoms with van der Waals surface area (Å²) in [4.78, 5) is 14.9. The molecule has 1 amide bonds. The Morgan fingerprint density at radius 3 is 2.27 bits per heavy atom. The molecular formula is C26H24N6O. The summed E-state index contributed by atoms with van der Waals surface area (Å²) in [5, 5.41) is 15.4. The number of hydrogen-bond acceptors (Lipinski definition) is 5. The Bertz CT molecular complexity index is 1290. The van der Waals surface area contributed by atoms with E-state index in [1.807, 2.05) is 66.4 Å². The van der Waals surface area contributed by atoms with Gasteiger partial charge in [0, 0.05) is 5.69 Å². The summed E-state index contributed by atoms with van der Waals surface area (Å²) in [7, 11) is 0. The summed E-state index contributed by atoms with van der Waals surface area (Å²) in [6, 6.07) is 25.9. The molecule has 7 heteroatoms. The summed E-state index contributed by atoms with van der Waals surface area (Å²) in [6.07, 6.45) is 2.11. The second-order valence-electron chi connectivity index (χ2n) is 8.20. The van der Waals surface area contributed by atoms with Gasteiger partial charge in [-0.1, -0.05) is 83.0 Å². The quantitative estimate of drug-likeness (QED) is 0.503. The van der Waals surface area contributed by atoms with Crippen molar-refractivity contribution < 1.29 is 4.79 Å². The van der Waals surface area contributed by atoms with E-state index in [-0.39, 0.29) is 18.5 Å². The van der Waals surface area contributed by atoms with Crippen LogP contribution in [0, 0.1) is 13.8 Å². The Labute approximate surface area is 192 Å². The van der Waals surface area contributed by atoms with Gasteiger partial charge in [0.2, 0.25) is 5.91 Å². The molecule has 1 aliphatic heterocycles. The minimum atomic E-state index is -0.179. The first-order valence-corrected chi connectivity index (χ1v) is 10.8. The summed E-state index contributed by atoms with van der Waals surface area (Å²) in [6.45, 7) is 4.16. The van der Waals surface area contributed by atoms with Crippen LogP contribution in [0.1, 0.15) is 28.3 Å². The minimum absolute atomic E-state index is 0.0790. The highest BCUT2D eigenvalue weighted by Gasteiger charge is 2.31. The Balaban J connectivity index is 1.52. The molecule has 3 aromatic carbocycles. The van der Waals surface area contributed by atoms with Crippen molar-refractivity contribution in [1.82, 2.24) is 20.2 Å². The van der Waals surface area contributed by atoms with Gasteiger partial charge in [-0.25, -0.2) is 0 Å². The van der Waals surface area contributed by atoms with Crippen molar-refractivity contribution in [1.29, 1.82) is 0 Å². The normalized spacial score (nSPS) is 15.0. The van der Waals surface area contributed by atoms with Crippen LogP contribution in [-0.2, 0) is 4.79 Å². The molecule has 164 valence electrons. The Hall–Kier alpha value is -4.26. The van der Waals surface area contributed by atoms with E-state index in [1.165, 1.54) is 5.56 Å². The van der Waals surface area contributed by atoms with Crippen molar-refractivity contribution in [2.24, 2.45) is 0 Å². The molecule has 7 nitrogen and oxygen atoms in total. The monoisotopic (exact) mass is 436 g/mol. The molecule has 1 N–H and O–H groups in total. The van der Waals surface area contributed by atoms with E-state index in [2.05, 4.69) is 58.1 Å². The number of amides is 1. The van der Waals surface area contributed by atoms with E-state index in [9.17, 15) is 4.79 Å². The fraction of sp³-hybridized carbons (Fsp3) is 0.154. The lowest BCUT2D eigenvalue weighted by molar-refractivity contribution is -0.114. The molecule has 0 bridgehead atoms. The van der Waals surface area contributed by atoms with Crippen LogP contribution < -0.4 is 10.2 Å². The van der Waals surface area contributed by atoms with Gasteiger partial charge in [0.05, 0.1) is 5.70 Å². The average Bonchev–Trinajstić information content (AvgIpc) is 3.32. The van der Waals surface area contributed by atoms with Gasteiger partial charge in [-0.3, -0.25) is 9.69 Å². The number of aryl methyl sites for hydroxylation is 2. The van der Waals surface area contributed by atoms with Gasteiger partial charge >= 0.3 is 0 Å². The van der Waals surface area contributed by atoms with E-state index in [0.717, 1.165) is 28.1 Å². The zero-order valence-corrected chi connectivity index (χ0v) is 18.5. The number of nitrogens with one attached hydrogen (secondary N) is 1. The fourth-order valence-electron chi connectivity index (χ4n) is 3.96. The lowest BCUT2D eigenvalue weighted by Crippen LogP contribution is -2.37. The fourth-order valence-corrected chi connectivity index (χ4v) is 3.96. The van der Waals surface area contributed by atoms with Gasteiger partial charge in [-0.2, -0.15) is 4.68 Å². The largest absolute Gasteiger partial charge is 0.325 e. The first-order chi connectivity index (χ1) is 16.1. The first kappa shape index (κ1) is 20.6. The zero-order chi connectivity index (χ0) is 22.8. The van der Waals surface area contributed by atoms with Gasteiger partial charge in [0.1, 0.15) is 12.6 Å². The minimum Gasteiger partial charge on any atom is -0.325 e. The summed E-state index contributed by atoms with van der Waals surface area (Å²) < 4.78 is 1.76. The molecule has 1 aromatic heterocycles. The van der Waals surface area contributed by atoms with Crippen LogP contribution in [0.2, 0.25) is 0 Å². The number of hydrogen-bond donors (Lipinski definition) is 1. The van der Waals surface area contributed by atoms with Crippen LogP contribution in [-0.4, -0.2) is 32.7 Å². The molecule has 0 saturated carbocycles. The third-order valence-corrected chi connectivity index (χ3v) is 5.71. The number of rotatable bonds is 5. The smallest absolute Gasteiger partial charge is 0.251 e. The lowest BCUT2D eigenvalue weighted by atomic mass is 10.00. The van der Waals surface area contributed by atoms with Gasteiger partial charge in [0.25, 0.3) is 5.95 Å². The van der Waals surface area contributed by atoms with Crippen molar-refractivity contribution in [3.05, 3.63) is 107 Å². The number of tetrazole rings is 1. The van der Waals surface area contributed by atoms with Crippen LogP contribution in [0.4, 0.5) is 11.6 Å². The molecule has 0 fully saturated rings. The SMILES string of the molecule is Cc1ccc(NC(=O)CN2C(c3ccccc3)=C[C@H](c3ccc(C)cc3)n3nnnc32)cc1. The maximum Gasteiger partial charge on any atom is 0.251 e.